The molecule has 1 fully saturated rings. The van der Waals surface area contributed by atoms with E-state index in [4.69, 9.17) is 4.74 Å². The molecule has 1 aliphatic rings. The van der Waals surface area contributed by atoms with Crippen molar-refractivity contribution in [3.63, 3.8) is 0 Å². The summed E-state index contributed by atoms with van der Waals surface area (Å²) in [6.45, 7) is 4.85. The van der Waals surface area contributed by atoms with E-state index in [1.165, 1.54) is 24.0 Å². The van der Waals surface area contributed by atoms with E-state index in [2.05, 4.69) is 48.6 Å². The molecule has 0 amide bonds. The second-order valence-electron chi connectivity index (χ2n) is 5.83. The van der Waals surface area contributed by atoms with E-state index >= 15 is 0 Å². The molecule has 1 saturated carbocycles. The predicted molar refractivity (Wildman–Crippen MR) is 87.9 cm³/mol. The molecule has 0 saturated heterocycles. The maximum Gasteiger partial charge on any atom is 0.119 e. The van der Waals surface area contributed by atoms with Gasteiger partial charge in [0.25, 0.3) is 0 Å². The smallest absolute Gasteiger partial charge is 0.119 e. The minimum absolute atomic E-state index is 0.420. The van der Waals surface area contributed by atoms with Crippen molar-refractivity contribution in [3.8, 4) is 5.75 Å². The van der Waals surface area contributed by atoms with Gasteiger partial charge in [-0.15, -0.1) is 0 Å². The number of ether oxygens (including phenoxy) is 1. The second-order valence-corrected chi connectivity index (χ2v) is 5.83. The highest BCUT2D eigenvalue weighted by molar-refractivity contribution is 5.49. The van der Waals surface area contributed by atoms with Crippen molar-refractivity contribution >= 4 is 5.69 Å². The molecule has 2 heteroatoms. The Balaban J connectivity index is 1.74. The lowest BCUT2D eigenvalue weighted by Gasteiger charge is -2.20. The molecule has 1 unspecified atom stereocenters. The molecule has 0 radical (unpaired) electrons. The third-order valence-corrected chi connectivity index (χ3v) is 4.02. The van der Waals surface area contributed by atoms with Crippen LogP contribution in [-0.2, 0) is 0 Å². The van der Waals surface area contributed by atoms with Crippen LogP contribution < -0.4 is 10.1 Å². The molecular formula is C19H23NO. The topological polar surface area (TPSA) is 21.3 Å². The number of rotatable bonds is 6. The number of hydrogen-bond donors (Lipinski definition) is 1. The van der Waals surface area contributed by atoms with Gasteiger partial charge >= 0.3 is 0 Å². The van der Waals surface area contributed by atoms with Gasteiger partial charge < -0.3 is 10.1 Å². The van der Waals surface area contributed by atoms with E-state index in [-0.39, 0.29) is 0 Å². The average molecular weight is 281 g/mol. The van der Waals surface area contributed by atoms with E-state index < -0.39 is 0 Å². The first-order valence-electron chi connectivity index (χ1n) is 7.82. The molecule has 2 aromatic carbocycles. The number of benzene rings is 2. The summed E-state index contributed by atoms with van der Waals surface area (Å²) in [4.78, 5) is 0. The number of hydrogen-bond acceptors (Lipinski definition) is 2. The third kappa shape index (κ3) is 3.57. The lowest BCUT2D eigenvalue weighted by Crippen LogP contribution is -2.12. The quantitative estimate of drug-likeness (QED) is 0.808. The van der Waals surface area contributed by atoms with E-state index in [9.17, 15) is 0 Å². The molecule has 0 bridgehead atoms. The van der Waals surface area contributed by atoms with Gasteiger partial charge in [-0.1, -0.05) is 29.8 Å². The fourth-order valence-electron chi connectivity index (χ4n) is 2.67. The Morgan fingerprint density at radius 3 is 2.29 bits per heavy atom. The normalized spacial score (nSPS) is 15.5. The van der Waals surface area contributed by atoms with Gasteiger partial charge in [-0.3, -0.25) is 0 Å². The first-order chi connectivity index (χ1) is 10.3. The van der Waals surface area contributed by atoms with Gasteiger partial charge in [0.05, 0.1) is 12.6 Å². The van der Waals surface area contributed by atoms with Crippen LogP contribution in [0.2, 0.25) is 0 Å². The summed E-state index contributed by atoms with van der Waals surface area (Å²) in [7, 11) is 0. The van der Waals surface area contributed by atoms with Crippen molar-refractivity contribution in [2.75, 3.05) is 11.9 Å². The van der Waals surface area contributed by atoms with Gasteiger partial charge in [-0.05, 0) is 62.4 Å². The van der Waals surface area contributed by atoms with E-state index in [1.54, 1.807) is 0 Å². The number of aryl methyl sites for hydroxylation is 1. The van der Waals surface area contributed by atoms with Crippen molar-refractivity contribution in [2.24, 2.45) is 5.92 Å². The summed E-state index contributed by atoms with van der Waals surface area (Å²) in [5.41, 5.74) is 3.86. The standard InChI is InChI=1S/C19H23NO/c1-3-21-18-12-10-17(11-13-18)20-19(16-8-9-16)15-6-4-14(2)5-7-15/h4-7,10-13,16,19-20H,3,8-9H2,1-2H3. The zero-order valence-electron chi connectivity index (χ0n) is 12.8. The highest BCUT2D eigenvalue weighted by atomic mass is 16.5. The summed E-state index contributed by atoms with van der Waals surface area (Å²) in [6, 6.07) is 17.6. The van der Waals surface area contributed by atoms with Crippen LogP contribution in [0, 0.1) is 12.8 Å². The van der Waals surface area contributed by atoms with Crippen LogP contribution in [0.4, 0.5) is 5.69 Å². The lowest BCUT2D eigenvalue weighted by molar-refractivity contribution is 0.340. The molecule has 3 rings (SSSR count). The molecule has 2 nitrogen and oxygen atoms in total. The van der Waals surface area contributed by atoms with E-state index in [0.29, 0.717) is 12.6 Å². The van der Waals surface area contributed by atoms with Crippen molar-refractivity contribution in [3.05, 3.63) is 59.7 Å². The Morgan fingerprint density at radius 1 is 1.05 bits per heavy atom. The number of nitrogens with one attached hydrogen (secondary N) is 1. The highest BCUT2D eigenvalue weighted by Crippen LogP contribution is 2.43. The molecule has 1 aliphatic carbocycles. The second kappa shape index (κ2) is 6.21. The van der Waals surface area contributed by atoms with E-state index in [1.807, 2.05) is 19.1 Å². The SMILES string of the molecule is CCOc1ccc(NC(c2ccc(C)cc2)C2CC2)cc1. The summed E-state index contributed by atoms with van der Waals surface area (Å²) < 4.78 is 5.50. The van der Waals surface area contributed by atoms with Crippen LogP contribution in [-0.4, -0.2) is 6.61 Å². The van der Waals surface area contributed by atoms with Gasteiger partial charge in [-0.2, -0.15) is 0 Å². The Morgan fingerprint density at radius 2 is 1.71 bits per heavy atom. The molecule has 1 atom stereocenters. The summed E-state index contributed by atoms with van der Waals surface area (Å²) >= 11 is 0. The van der Waals surface area contributed by atoms with Crippen LogP contribution >= 0.6 is 0 Å². The summed E-state index contributed by atoms with van der Waals surface area (Å²) in [5, 5.41) is 3.69. The molecule has 0 aliphatic heterocycles. The van der Waals surface area contributed by atoms with Gasteiger partial charge in [0, 0.05) is 5.69 Å². The van der Waals surface area contributed by atoms with Crippen molar-refractivity contribution < 1.29 is 4.74 Å². The maximum absolute atomic E-state index is 5.50. The van der Waals surface area contributed by atoms with Gasteiger partial charge in [0.15, 0.2) is 0 Å². The van der Waals surface area contributed by atoms with Crippen LogP contribution in [0.3, 0.4) is 0 Å². The summed E-state index contributed by atoms with van der Waals surface area (Å²) in [6.07, 6.45) is 2.64. The predicted octanol–water partition coefficient (Wildman–Crippen LogP) is 4.96. The van der Waals surface area contributed by atoms with Crippen molar-refractivity contribution in [1.29, 1.82) is 0 Å². The highest BCUT2D eigenvalue weighted by Gasteiger charge is 2.32. The molecule has 0 spiro atoms. The Bertz CT molecular complexity index is 570. The Labute approximate surface area is 127 Å². The molecular weight excluding hydrogens is 258 g/mol. The van der Waals surface area contributed by atoms with Crippen LogP contribution in [0.15, 0.2) is 48.5 Å². The molecule has 1 N–H and O–H groups in total. The molecule has 21 heavy (non-hydrogen) atoms. The fourth-order valence-corrected chi connectivity index (χ4v) is 2.67. The molecule has 2 aromatic rings. The van der Waals surface area contributed by atoms with Crippen LogP contribution in [0.5, 0.6) is 5.75 Å². The van der Waals surface area contributed by atoms with Crippen LogP contribution in [0.25, 0.3) is 0 Å². The zero-order valence-corrected chi connectivity index (χ0v) is 12.8. The number of anilines is 1. The van der Waals surface area contributed by atoms with Crippen molar-refractivity contribution in [1.82, 2.24) is 0 Å². The Hall–Kier alpha value is -1.96. The molecule has 0 heterocycles. The molecule has 0 aromatic heterocycles. The van der Waals surface area contributed by atoms with Crippen LogP contribution in [0.1, 0.15) is 36.9 Å². The Kier molecular flexibility index (Phi) is 4.14. The third-order valence-electron chi connectivity index (χ3n) is 4.02. The zero-order chi connectivity index (χ0) is 14.7. The van der Waals surface area contributed by atoms with Gasteiger partial charge in [0.2, 0.25) is 0 Å². The largest absolute Gasteiger partial charge is 0.494 e. The minimum Gasteiger partial charge on any atom is -0.494 e. The monoisotopic (exact) mass is 281 g/mol. The fraction of sp³-hybridized carbons (Fsp3) is 0.368. The summed E-state index contributed by atoms with van der Waals surface area (Å²) in [5.74, 6) is 1.70. The average Bonchev–Trinajstić information content (AvgIpc) is 3.33. The minimum atomic E-state index is 0.420. The molecule has 110 valence electrons. The van der Waals surface area contributed by atoms with Crippen molar-refractivity contribution in [2.45, 2.75) is 32.7 Å². The lowest BCUT2D eigenvalue weighted by atomic mass is 10.0. The first kappa shape index (κ1) is 14.0. The van der Waals surface area contributed by atoms with Gasteiger partial charge in [-0.25, -0.2) is 0 Å². The van der Waals surface area contributed by atoms with E-state index in [0.717, 1.165) is 17.4 Å². The first-order valence-corrected chi connectivity index (χ1v) is 7.82. The maximum atomic E-state index is 5.50. The van der Waals surface area contributed by atoms with Gasteiger partial charge in [0.1, 0.15) is 5.75 Å².